The molecule has 2 aliphatic rings. The number of morpholine rings is 1. The van der Waals surface area contributed by atoms with E-state index in [0.717, 1.165) is 65.6 Å². The second-order valence-electron chi connectivity index (χ2n) is 6.53. The summed E-state index contributed by atoms with van der Waals surface area (Å²) in [7, 11) is 0. The Balaban J connectivity index is 1.43. The molecule has 2 aromatic rings. The van der Waals surface area contributed by atoms with E-state index in [9.17, 15) is 0 Å². The Hall–Kier alpha value is -0.540. The number of alkyl halides is 1. The van der Waals surface area contributed by atoms with Crippen molar-refractivity contribution in [1.82, 2.24) is 19.9 Å². The molecule has 1 saturated heterocycles. The first-order chi connectivity index (χ1) is 12.2. The van der Waals surface area contributed by atoms with E-state index in [1.54, 1.807) is 11.3 Å². The number of halogens is 2. The Morgan fingerprint density at radius 3 is 2.64 bits per heavy atom. The van der Waals surface area contributed by atoms with Crippen LogP contribution in [0.4, 0.5) is 5.82 Å². The number of thiazole rings is 1. The molecule has 25 heavy (non-hydrogen) atoms. The van der Waals surface area contributed by atoms with Crippen LogP contribution in [0.5, 0.6) is 0 Å². The summed E-state index contributed by atoms with van der Waals surface area (Å²) in [6.07, 6.45) is 4.70. The summed E-state index contributed by atoms with van der Waals surface area (Å²) in [6, 6.07) is 1.11. The topological polar surface area (TPSA) is 63.2 Å². The lowest BCUT2D eigenvalue weighted by atomic mass is 9.90. The number of nitrogens with one attached hydrogen (secondary N) is 1. The van der Waals surface area contributed by atoms with Crippen LogP contribution in [-0.4, -0.2) is 58.2 Å². The van der Waals surface area contributed by atoms with Gasteiger partial charge in [0.15, 0.2) is 10.6 Å². The van der Waals surface area contributed by atoms with E-state index in [2.05, 4.69) is 41.1 Å². The summed E-state index contributed by atoms with van der Waals surface area (Å²) in [5.41, 5.74) is 0.833. The van der Waals surface area contributed by atoms with Crippen molar-refractivity contribution in [2.45, 2.75) is 43.1 Å². The van der Waals surface area contributed by atoms with Gasteiger partial charge in [0.2, 0.25) is 5.28 Å². The standard InChI is InChI=1S/C16H21BrClN5OS/c17-9-12-20-13-14(21-16(18)22-15(13)25-12)19-10-1-3-11(4-2-10)23-5-7-24-8-6-23/h10-11H,1-9H2,(H,19,21,22). The third-order valence-electron chi connectivity index (χ3n) is 4.99. The van der Waals surface area contributed by atoms with E-state index in [1.165, 1.54) is 12.8 Å². The zero-order chi connectivity index (χ0) is 17.2. The fourth-order valence-corrected chi connectivity index (χ4v) is 5.19. The predicted octanol–water partition coefficient (Wildman–Crippen LogP) is 3.69. The minimum Gasteiger partial charge on any atom is -0.379 e. The third kappa shape index (κ3) is 4.08. The molecule has 1 aliphatic carbocycles. The van der Waals surface area contributed by atoms with Gasteiger partial charge in [-0.1, -0.05) is 27.3 Å². The van der Waals surface area contributed by atoms with E-state index >= 15 is 0 Å². The van der Waals surface area contributed by atoms with Crippen LogP contribution in [0, 0.1) is 0 Å². The van der Waals surface area contributed by atoms with Crippen LogP contribution < -0.4 is 5.32 Å². The van der Waals surface area contributed by atoms with E-state index in [-0.39, 0.29) is 5.28 Å². The first-order valence-electron chi connectivity index (χ1n) is 8.70. The highest BCUT2D eigenvalue weighted by Crippen LogP contribution is 2.31. The molecule has 0 spiro atoms. The fourth-order valence-electron chi connectivity index (χ4n) is 3.72. The lowest BCUT2D eigenvalue weighted by Gasteiger charge is -2.39. The number of anilines is 1. The molecule has 0 atom stereocenters. The van der Waals surface area contributed by atoms with Crippen LogP contribution in [0.25, 0.3) is 10.3 Å². The summed E-state index contributed by atoms with van der Waals surface area (Å²) in [5, 5.41) is 5.56. The second kappa shape index (κ2) is 8.00. The highest BCUT2D eigenvalue weighted by molar-refractivity contribution is 9.08. The molecule has 0 radical (unpaired) electrons. The lowest BCUT2D eigenvalue weighted by Crippen LogP contribution is -2.46. The summed E-state index contributed by atoms with van der Waals surface area (Å²) in [6.45, 7) is 3.88. The number of rotatable bonds is 4. The van der Waals surface area contributed by atoms with Gasteiger partial charge in [-0.25, -0.2) is 9.97 Å². The van der Waals surface area contributed by atoms with Gasteiger partial charge < -0.3 is 10.1 Å². The van der Waals surface area contributed by atoms with Crippen molar-refractivity contribution in [3.63, 3.8) is 0 Å². The number of hydrogen-bond donors (Lipinski definition) is 1. The summed E-state index contributed by atoms with van der Waals surface area (Å²) in [5.74, 6) is 0.772. The number of fused-ring (bicyclic) bond motifs is 1. The van der Waals surface area contributed by atoms with Crippen LogP contribution in [0.1, 0.15) is 30.7 Å². The van der Waals surface area contributed by atoms with Gasteiger partial charge in [-0.3, -0.25) is 4.90 Å². The molecule has 2 aromatic heterocycles. The highest BCUT2D eigenvalue weighted by Gasteiger charge is 2.27. The summed E-state index contributed by atoms with van der Waals surface area (Å²) >= 11 is 11.1. The molecule has 0 amide bonds. The smallest absolute Gasteiger partial charge is 0.225 e. The monoisotopic (exact) mass is 445 g/mol. The second-order valence-corrected chi connectivity index (χ2v) is 8.50. The third-order valence-corrected chi connectivity index (χ3v) is 7.01. The number of hydrogen-bond acceptors (Lipinski definition) is 7. The summed E-state index contributed by atoms with van der Waals surface area (Å²) < 4.78 is 5.46. The molecule has 6 nitrogen and oxygen atoms in total. The molecule has 1 saturated carbocycles. The first kappa shape index (κ1) is 17.9. The molecule has 4 rings (SSSR count). The quantitative estimate of drug-likeness (QED) is 0.571. The van der Waals surface area contributed by atoms with Crippen molar-refractivity contribution in [2.75, 3.05) is 31.6 Å². The Morgan fingerprint density at radius 1 is 1.16 bits per heavy atom. The molecule has 0 bridgehead atoms. The molecule has 1 aliphatic heterocycles. The largest absolute Gasteiger partial charge is 0.379 e. The van der Waals surface area contributed by atoms with Crippen LogP contribution in [0.2, 0.25) is 5.28 Å². The Morgan fingerprint density at radius 2 is 1.92 bits per heavy atom. The van der Waals surface area contributed by atoms with E-state index in [4.69, 9.17) is 16.3 Å². The van der Waals surface area contributed by atoms with Crippen molar-refractivity contribution >= 4 is 55.0 Å². The molecule has 0 aromatic carbocycles. The zero-order valence-corrected chi connectivity index (χ0v) is 17.0. The fraction of sp³-hybridized carbons (Fsp3) is 0.688. The molecular formula is C16H21BrClN5OS. The zero-order valence-electron chi connectivity index (χ0n) is 13.9. The molecule has 136 valence electrons. The van der Waals surface area contributed by atoms with Crippen molar-refractivity contribution in [1.29, 1.82) is 0 Å². The van der Waals surface area contributed by atoms with Gasteiger partial charge in [-0.15, -0.1) is 0 Å². The van der Waals surface area contributed by atoms with Gasteiger partial charge in [0, 0.05) is 25.2 Å². The van der Waals surface area contributed by atoms with Crippen molar-refractivity contribution in [3.8, 4) is 0 Å². The molecule has 3 heterocycles. The first-order valence-corrected chi connectivity index (χ1v) is 11.0. The van der Waals surface area contributed by atoms with Gasteiger partial charge >= 0.3 is 0 Å². The van der Waals surface area contributed by atoms with E-state index < -0.39 is 0 Å². The Labute approximate surface area is 164 Å². The van der Waals surface area contributed by atoms with Crippen molar-refractivity contribution in [2.24, 2.45) is 0 Å². The number of aromatic nitrogens is 3. The SMILES string of the molecule is Clc1nc(NC2CCC(N3CCOCC3)CC2)c2nc(CBr)sc2n1. The number of nitrogens with zero attached hydrogens (tertiary/aromatic N) is 4. The lowest BCUT2D eigenvalue weighted by molar-refractivity contribution is 0.00791. The molecule has 9 heteroatoms. The van der Waals surface area contributed by atoms with Gasteiger partial charge in [0.1, 0.15) is 10.5 Å². The maximum Gasteiger partial charge on any atom is 0.225 e. The molecule has 0 unspecified atom stereocenters. The molecule has 1 N–H and O–H groups in total. The van der Waals surface area contributed by atoms with Crippen molar-refractivity contribution in [3.05, 3.63) is 10.3 Å². The average molecular weight is 447 g/mol. The molecular weight excluding hydrogens is 426 g/mol. The van der Waals surface area contributed by atoms with Crippen LogP contribution in [0.15, 0.2) is 0 Å². The van der Waals surface area contributed by atoms with Gasteiger partial charge in [0.25, 0.3) is 0 Å². The minimum atomic E-state index is 0.279. The van der Waals surface area contributed by atoms with E-state index in [1.807, 2.05) is 0 Å². The predicted molar refractivity (Wildman–Crippen MR) is 105 cm³/mol. The summed E-state index contributed by atoms with van der Waals surface area (Å²) in [4.78, 5) is 16.8. The van der Waals surface area contributed by atoms with Crippen LogP contribution in [0.3, 0.4) is 0 Å². The normalized spacial score (nSPS) is 25.4. The van der Waals surface area contributed by atoms with Gasteiger partial charge in [-0.05, 0) is 37.3 Å². The van der Waals surface area contributed by atoms with Crippen LogP contribution in [-0.2, 0) is 10.1 Å². The van der Waals surface area contributed by atoms with E-state index in [0.29, 0.717) is 12.1 Å². The maximum atomic E-state index is 6.11. The van der Waals surface area contributed by atoms with Crippen LogP contribution >= 0.6 is 38.9 Å². The minimum absolute atomic E-state index is 0.279. The Kier molecular flexibility index (Phi) is 5.71. The maximum absolute atomic E-state index is 6.11. The highest BCUT2D eigenvalue weighted by atomic mass is 79.9. The van der Waals surface area contributed by atoms with Gasteiger partial charge in [-0.2, -0.15) is 4.98 Å². The number of ether oxygens (including phenoxy) is 1. The van der Waals surface area contributed by atoms with Gasteiger partial charge in [0.05, 0.1) is 18.5 Å². The van der Waals surface area contributed by atoms with Crippen molar-refractivity contribution < 1.29 is 4.74 Å². The Bertz CT molecular complexity index is 731. The molecule has 2 fully saturated rings. The average Bonchev–Trinajstić information content (AvgIpc) is 3.06.